The molecule has 0 aliphatic heterocycles. The maximum atomic E-state index is 12.2. The van der Waals surface area contributed by atoms with Gasteiger partial charge in [-0.15, -0.1) is 0 Å². The van der Waals surface area contributed by atoms with Crippen LogP contribution in [-0.2, 0) is 20.6 Å². The molecule has 0 unspecified atom stereocenters. The normalized spacial score (nSPS) is 11.3. The molecular weight excluding hydrogens is 340 g/mol. The molecule has 0 aliphatic rings. The Bertz CT molecular complexity index is 1030. The van der Waals surface area contributed by atoms with Gasteiger partial charge in [-0.1, -0.05) is 12.1 Å². The summed E-state index contributed by atoms with van der Waals surface area (Å²) in [6, 6.07) is 7.48. The number of aliphatic imine (C=N–C) groups is 1. The maximum Gasteiger partial charge on any atom is 0.266 e. The van der Waals surface area contributed by atoms with Gasteiger partial charge in [-0.25, -0.2) is 9.67 Å². The highest BCUT2D eigenvalue weighted by Crippen LogP contribution is 2.15. The molecule has 8 nitrogen and oxygen atoms in total. The van der Waals surface area contributed by atoms with E-state index in [1.165, 1.54) is 21.7 Å². The second kappa shape index (κ2) is 6.81. The molecule has 0 aliphatic carbocycles. The van der Waals surface area contributed by atoms with Gasteiger partial charge in [0, 0.05) is 20.3 Å². The summed E-state index contributed by atoms with van der Waals surface area (Å²) in [7, 11) is 3.15. The number of aromatic nitrogens is 5. The third-order valence-electron chi connectivity index (χ3n) is 3.76. The van der Waals surface area contributed by atoms with Gasteiger partial charge < -0.3 is 5.11 Å². The van der Waals surface area contributed by atoms with Crippen molar-refractivity contribution in [3.05, 3.63) is 63.2 Å². The van der Waals surface area contributed by atoms with Gasteiger partial charge in [0.25, 0.3) is 5.56 Å². The van der Waals surface area contributed by atoms with E-state index in [1.807, 2.05) is 24.3 Å². The third-order valence-corrected chi connectivity index (χ3v) is 4.31. The van der Waals surface area contributed by atoms with E-state index >= 15 is 0 Å². The van der Waals surface area contributed by atoms with Crippen molar-refractivity contribution in [1.82, 2.24) is 23.9 Å². The molecule has 3 aromatic rings. The first-order valence-corrected chi connectivity index (χ1v) is 7.82. The second-order valence-electron chi connectivity index (χ2n) is 5.46. The molecule has 0 atom stereocenters. The summed E-state index contributed by atoms with van der Waals surface area (Å²) in [5.41, 5.74) is 1.40. The van der Waals surface area contributed by atoms with Gasteiger partial charge in [0.05, 0.1) is 12.2 Å². The molecule has 2 heterocycles. The Morgan fingerprint density at radius 2 is 1.96 bits per heavy atom. The summed E-state index contributed by atoms with van der Waals surface area (Å²) in [6.07, 6.45) is 4.48. The zero-order chi connectivity index (χ0) is 18.0. The van der Waals surface area contributed by atoms with Crippen LogP contribution in [0.4, 0.5) is 5.69 Å². The number of benzene rings is 1. The Morgan fingerprint density at radius 3 is 2.60 bits per heavy atom. The standard InChI is InChI=1S/C16H16N6O2S/c1-20-14(23)13(15(24)21(2)16(20)25)7-18-12-5-3-11(4-6-12)8-22-10-17-9-19-22/h3-7,9-10,23H,8H2,1-2H3. The van der Waals surface area contributed by atoms with Crippen LogP contribution in [0.15, 0.2) is 46.7 Å². The van der Waals surface area contributed by atoms with Crippen molar-refractivity contribution in [3.63, 3.8) is 0 Å². The van der Waals surface area contributed by atoms with E-state index in [1.54, 1.807) is 25.1 Å². The summed E-state index contributed by atoms with van der Waals surface area (Å²) in [4.78, 5) is 20.4. The van der Waals surface area contributed by atoms with Crippen molar-refractivity contribution in [2.75, 3.05) is 0 Å². The Kier molecular flexibility index (Phi) is 4.57. The lowest BCUT2D eigenvalue weighted by atomic mass is 10.2. The molecule has 1 aromatic carbocycles. The zero-order valence-corrected chi connectivity index (χ0v) is 14.5. The molecule has 0 spiro atoms. The zero-order valence-electron chi connectivity index (χ0n) is 13.7. The van der Waals surface area contributed by atoms with E-state index in [9.17, 15) is 9.90 Å². The van der Waals surface area contributed by atoms with Crippen LogP contribution >= 0.6 is 12.2 Å². The van der Waals surface area contributed by atoms with Crippen molar-refractivity contribution >= 4 is 24.1 Å². The summed E-state index contributed by atoms with van der Waals surface area (Å²) in [5.74, 6) is -0.209. The molecule has 1 N–H and O–H groups in total. The fourth-order valence-electron chi connectivity index (χ4n) is 2.30. The molecule has 128 valence electrons. The molecule has 0 fully saturated rings. The molecule has 0 bridgehead atoms. The van der Waals surface area contributed by atoms with E-state index in [0.29, 0.717) is 12.2 Å². The minimum atomic E-state index is -0.396. The quantitative estimate of drug-likeness (QED) is 0.566. The van der Waals surface area contributed by atoms with E-state index in [2.05, 4.69) is 15.1 Å². The predicted molar refractivity (Wildman–Crippen MR) is 96.0 cm³/mol. The highest BCUT2D eigenvalue weighted by atomic mass is 32.1. The summed E-state index contributed by atoms with van der Waals surface area (Å²) >= 11 is 5.08. The lowest BCUT2D eigenvalue weighted by molar-refractivity contribution is 0.415. The Balaban J connectivity index is 1.86. The third kappa shape index (κ3) is 3.41. The van der Waals surface area contributed by atoms with Gasteiger partial charge in [0.1, 0.15) is 18.2 Å². The average Bonchev–Trinajstić information content (AvgIpc) is 3.12. The minimum absolute atomic E-state index is 0.0882. The smallest absolute Gasteiger partial charge is 0.266 e. The molecular formula is C16H16N6O2S. The summed E-state index contributed by atoms with van der Waals surface area (Å²) in [5, 5.41) is 14.2. The first kappa shape index (κ1) is 16.8. The average molecular weight is 356 g/mol. The fourth-order valence-corrected chi connectivity index (χ4v) is 2.47. The molecule has 0 saturated heterocycles. The van der Waals surface area contributed by atoms with Gasteiger partial charge in [-0.3, -0.25) is 18.9 Å². The van der Waals surface area contributed by atoms with Gasteiger partial charge in [0.2, 0.25) is 5.88 Å². The topological polar surface area (TPSA) is 90.2 Å². The van der Waals surface area contributed by atoms with Crippen LogP contribution in [-0.4, -0.2) is 35.2 Å². The Hall–Kier alpha value is -3.07. The molecule has 3 rings (SSSR count). The van der Waals surface area contributed by atoms with Gasteiger partial charge in [0.15, 0.2) is 4.77 Å². The van der Waals surface area contributed by atoms with Crippen molar-refractivity contribution < 1.29 is 5.11 Å². The number of hydrogen-bond donors (Lipinski definition) is 1. The van der Waals surface area contributed by atoms with Gasteiger partial charge >= 0.3 is 0 Å². The first-order valence-electron chi connectivity index (χ1n) is 7.42. The van der Waals surface area contributed by atoms with Gasteiger partial charge in [-0.05, 0) is 29.9 Å². The minimum Gasteiger partial charge on any atom is -0.494 e. The molecule has 9 heteroatoms. The largest absolute Gasteiger partial charge is 0.494 e. The van der Waals surface area contributed by atoms with Crippen molar-refractivity contribution in [2.24, 2.45) is 19.1 Å². The van der Waals surface area contributed by atoms with Crippen LogP contribution in [0.25, 0.3) is 0 Å². The maximum absolute atomic E-state index is 12.2. The molecule has 0 saturated carbocycles. The van der Waals surface area contributed by atoms with Crippen LogP contribution < -0.4 is 5.56 Å². The van der Waals surface area contributed by atoms with Gasteiger partial charge in [-0.2, -0.15) is 5.10 Å². The molecule has 0 amide bonds. The Labute approximate surface area is 148 Å². The van der Waals surface area contributed by atoms with Crippen molar-refractivity contribution in [1.29, 1.82) is 0 Å². The van der Waals surface area contributed by atoms with Crippen LogP contribution in [0, 0.1) is 4.77 Å². The second-order valence-corrected chi connectivity index (χ2v) is 5.83. The van der Waals surface area contributed by atoms with E-state index < -0.39 is 5.56 Å². The van der Waals surface area contributed by atoms with Crippen LogP contribution in [0.3, 0.4) is 0 Å². The van der Waals surface area contributed by atoms with Crippen LogP contribution in [0.1, 0.15) is 11.1 Å². The number of rotatable bonds is 4. The number of aromatic hydroxyl groups is 1. The van der Waals surface area contributed by atoms with Crippen LogP contribution in [0.2, 0.25) is 0 Å². The van der Waals surface area contributed by atoms with Crippen molar-refractivity contribution in [2.45, 2.75) is 6.54 Å². The van der Waals surface area contributed by atoms with Crippen molar-refractivity contribution in [3.8, 4) is 5.88 Å². The summed E-state index contributed by atoms with van der Waals surface area (Å²) in [6.45, 7) is 0.613. The lowest BCUT2D eigenvalue weighted by Crippen LogP contribution is -2.25. The predicted octanol–water partition coefficient (Wildman–Crippen LogP) is 1.55. The monoisotopic (exact) mass is 356 g/mol. The van der Waals surface area contributed by atoms with E-state index in [-0.39, 0.29) is 16.2 Å². The number of hydrogen-bond acceptors (Lipinski definition) is 6. The highest BCUT2D eigenvalue weighted by Gasteiger charge is 2.11. The van der Waals surface area contributed by atoms with Crippen LogP contribution in [0.5, 0.6) is 5.88 Å². The fraction of sp³-hybridized carbons (Fsp3) is 0.188. The Morgan fingerprint density at radius 1 is 1.24 bits per heavy atom. The molecule has 2 aromatic heterocycles. The number of nitrogens with zero attached hydrogens (tertiary/aromatic N) is 6. The molecule has 0 radical (unpaired) electrons. The van der Waals surface area contributed by atoms with E-state index in [4.69, 9.17) is 12.2 Å². The molecule has 25 heavy (non-hydrogen) atoms. The van der Waals surface area contributed by atoms with E-state index in [0.717, 1.165) is 5.56 Å². The SMILES string of the molecule is Cn1c(O)c(C=Nc2ccc(Cn3cncn3)cc2)c(=O)n(C)c1=S. The lowest BCUT2D eigenvalue weighted by Gasteiger charge is -2.09. The summed E-state index contributed by atoms with van der Waals surface area (Å²) < 4.78 is 4.60. The highest BCUT2D eigenvalue weighted by molar-refractivity contribution is 7.71. The first-order chi connectivity index (χ1) is 12.0.